The molecule has 0 bridgehead atoms. The van der Waals surface area contributed by atoms with E-state index in [0.29, 0.717) is 0 Å². The SMILES string of the molecule is NCC(NS(=O)(=O)c1cccc(F)c1[N+](=O)[O-])C1CCCCC1. The lowest BCUT2D eigenvalue weighted by molar-refractivity contribution is -0.390. The maximum absolute atomic E-state index is 13.6. The maximum atomic E-state index is 13.6. The molecule has 0 aromatic heterocycles. The summed E-state index contributed by atoms with van der Waals surface area (Å²) in [6, 6.07) is 2.51. The molecule has 1 aliphatic rings. The van der Waals surface area contributed by atoms with Crippen LogP contribution < -0.4 is 10.5 Å². The van der Waals surface area contributed by atoms with Gasteiger partial charge in [0.2, 0.25) is 15.8 Å². The molecule has 0 amide bonds. The van der Waals surface area contributed by atoms with Crippen molar-refractivity contribution in [2.75, 3.05) is 6.54 Å². The first kappa shape index (κ1) is 17.8. The zero-order valence-corrected chi connectivity index (χ0v) is 13.4. The third-order valence-corrected chi connectivity index (χ3v) is 5.72. The summed E-state index contributed by atoms with van der Waals surface area (Å²) < 4.78 is 41.0. The maximum Gasteiger partial charge on any atom is 0.324 e. The number of hydrogen-bond donors (Lipinski definition) is 2. The summed E-state index contributed by atoms with van der Waals surface area (Å²) in [6.07, 6.45) is 4.83. The Bertz CT molecular complexity index is 675. The van der Waals surface area contributed by atoms with Gasteiger partial charge in [0.05, 0.1) is 4.92 Å². The Morgan fingerprint density at radius 1 is 1.35 bits per heavy atom. The van der Waals surface area contributed by atoms with E-state index in [-0.39, 0.29) is 12.5 Å². The third kappa shape index (κ3) is 4.04. The fourth-order valence-corrected chi connectivity index (χ4v) is 4.52. The van der Waals surface area contributed by atoms with E-state index in [1.165, 1.54) is 0 Å². The molecular weight excluding hydrogens is 325 g/mol. The van der Waals surface area contributed by atoms with Gasteiger partial charge >= 0.3 is 5.69 Å². The Morgan fingerprint density at radius 3 is 2.57 bits per heavy atom. The lowest BCUT2D eigenvalue weighted by atomic mass is 9.84. The summed E-state index contributed by atoms with van der Waals surface area (Å²) in [6.45, 7) is 0.0903. The van der Waals surface area contributed by atoms with E-state index in [1.807, 2.05) is 0 Å². The van der Waals surface area contributed by atoms with E-state index < -0.39 is 37.4 Å². The predicted octanol–water partition coefficient (Wildman–Crippen LogP) is 1.92. The van der Waals surface area contributed by atoms with Gasteiger partial charge in [0.15, 0.2) is 4.90 Å². The molecule has 23 heavy (non-hydrogen) atoms. The quantitative estimate of drug-likeness (QED) is 0.604. The van der Waals surface area contributed by atoms with E-state index in [1.54, 1.807) is 0 Å². The van der Waals surface area contributed by atoms with E-state index in [2.05, 4.69) is 4.72 Å². The molecule has 1 aromatic rings. The lowest BCUT2D eigenvalue weighted by Crippen LogP contribution is -2.45. The van der Waals surface area contributed by atoms with Gasteiger partial charge in [-0.2, -0.15) is 4.39 Å². The van der Waals surface area contributed by atoms with Gasteiger partial charge in [-0.25, -0.2) is 13.1 Å². The van der Waals surface area contributed by atoms with Crippen molar-refractivity contribution >= 4 is 15.7 Å². The largest absolute Gasteiger partial charge is 0.329 e. The second-order valence-electron chi connectivity index (χ2n) is 5.71. The summed E-state index contributed by atoms with van der Waals surface area (Å²) in [7, 11) is -4.23. The van der Waals surface area contributed by atoms with Crippen LogP contribution >= 0.6 is 0 Å². The monoisotopic (exact) mass is 345 g/mol. The summed E-state index contributed by atoms with van der Waals surface area (Å²) in [5.41, 5.74) is 4.64. The molecule has 0 saturated heterocycles. The first-order valence-corrected chi connectivity index (χ1v) is 9.00. The number of benzene rings is 1. The number of hydrogen-bond acceptors (Lipinski definition) is 5. The Morgan fingerprint density at radius 2 is 2.00 bits per heavy atom. The van der Waals surface area contributed by atoms with E-state index in [0.717, 1.165) is 50.3 Å². The van der Waals surface area contributed by atoms with Crippen LogP contribution in [-0.2, 0) is 10.0 Å². The molecule has 0 radical (unpaired) electrons. The van der Waals surface area contributed by atoms with Crippen LogP contribution in [0, 0.1) is 21.8 Å². The molecule has 1 fully saturated rings. The van der Waals surface area contributed by atoms with Crippen molar-refractivity contribution < 1.29 is 17.7 Å². The van der Waals surface area contributed by atoms with Crippen LogP contribution in [-0.4, -0.2) is 25.9 Å². The highest BCUT2D eigenvalue weighted by Gasteiger charge is 2.33. The fraction of sp³-hybridized carbons (Fsp3) is 0.571. The van der Waals surface area contributed by atoms with Crippen LogP contribution in [0.15, 0.2) is 23.1 Å². The molecule has 1 aliphatic carbocycles. The number of nitro groups is 1. The topological polar surface area (TPSA) is 115 Å². The summed E-state index contributed by atoms with van der Waals surface area (Å²) >= 11 is 0. The molecule has 1 aromatic carbocycles. The van der Waals surface area contributed by atoms with Crippen molar-refractivity contribution in [2.45, 2.75) is 43.0 Å². The smallest absolute Gasteiger partial charge is 0.324 e. The van der Waals surface area contributed by atoms with Crippen molar-refractivity contribution in [2.24, 2.45) is 11.7 Å². The minimum Gasteiger partial charge on any atom is -0.329 e. The highest BCUT2D eigenvalue weighted by atomic mass is 32.2. The normalized spacial score (nSPS) is 17.8. The molecule has 3 N–H and O–H groups in total. The van der Waals surface area contributed by atoms with Crippen LogP contribution in [0.25, 0.3) is 0 Å². The molecule has 2 rings (SSSR count). The third-order valence-electron chi connectivity index (χ3n) is 4.20. The number of nitrogens with one attached hydrogen (secondary N) is 1. The average molecular weight is 345 g/mol. The minimum absolute atomic E-state index is 0.0903. The van der Waals surface area contributed by atoms with Crippen molar-refractivity contribution in [1.82, 2.24) is 4.72 Å². The molecule has 0 spiro atoms. The minimum atomic E-state index is -4.23. The molecular formula is C14H20FN3O4S. The summed E-state index contributed by atoms with van der Waals surface area (Å²) in [4.78, 5) is 9.30. The van der Waals surface area contributed by atoms with E-state index in [4.69, 9.17) is 5.73 Å². The highest BCUT2D eigenvalue weighted by molar-refractivity contribution is 7.89. The number of sulfonamides is 1. The fourth-order valence-electron chi connectivity index (χ4n) is 3.03. The van der Waals surface area contributed by atoms with E-state index in [9.17, 15) is 22.9 Å². The molecule has 0 aliphatic heterocycles. The van der Waals surface area contributed by atoms with Gasteiger partial charge in [-0.15, -0.1) is 0 Å². The molecule has 1 saturated carbocycles. The van der Waals surface area contributed by atoms with Crippen LogP contribution in [0.2, 0.25) is 0 Å². The second-order valence-corrected chi connectivity index (χ2v) is 7.39. The molecule has 7 nitrogen and oxygen atoms in total. The molecule has 1 atom stereocenters. The Balaban J connectivity index is 2.31. The first-order chi connectivity index (χ1) is 10.9. The van der Waals surface area contributed by atoms with Crippen LogP contribution in [0.4, 0.5) is 10.1 Å². The van der Waals surface area contributed by atoms with Gasteiger partial charge in [0.1, 0.15) is 0 Å². The second kappa shape index (κ2) is 7.33. The zero-order valence-electron chi connectivity index (χ0n) is 12.6. The van der Waals surface area contributed by atoms with Crippen LogP contribution in [0.1, 0.15) is 32.1 Å². The molecule has 9 heteroatoms. The van der Waals surface area contributed by atoms with Gasteiger partial charge in [-0.1, -0.05) is 25.3 Å². The van der Waals surface area contributed by atoms with Crippen molar-refractivity contribution in [3.63, 3.8) is 0 Å². The van der Waals surface area contributed by atoms with Crippen molar-refractivity contribution in [3.05, 3.63) is 34.1 Å². The van der Waals surface area contributed by atoms with Crippen molar-refractivity contribution in [3.8, 4) is 0 Å². The summed E-state index contributed by atoms with van der Waals surface area (Å²) in [5.74, 6) is -1.09. The Hall–Kier alpha value is -1.58. The van der Waals surface area contributed by atoms with Gasteiger partial charge in [0.25, 0.3) is 0 Å². The number of nitrogens with zero attached hydrogens (tertiary/aromatic N) is 1. The zero-order chi connectivity index (χ0) is 17.0. The van der Waals surface area contributed by atoms with Gasteiger partial charge in [-0.05, 0) is 30.9 Å². The number of halogens is 1. The summed E-state index contributed by atoms with van der Waals surface area (Å²) in [5, 5.41) is 11.0. The van der Waals surface area contributed by atoms with Gasteiger partial charge < -0.3 is 5.73 Å². The van der Waals surface area contributed by atoms with Crippen LogP contribution in [0.5, 0.6) is 0 Å². The van der Waals surface area contributed by atoms with Crippen LogP contribution in [0.3, 0.4) is 0 Å². The van der Waals surface area contributed by atoms with Gasteiger partial charge in [0, 0.05) is 12.6 Å². The number of nitro benzene ring substituents is 1. The predicted molar refractivity (Wildman–Crippen MR) is 82.8 cm³/mol. The van der Waals surface area contributed by atoms with Gasteiger partial charge in [-0.3, -0.25) is 10.1 Å². The molecule has 1 unspecified atom stereocenters. The Labute approximate surface area is 134 Å². The number of para-hydroxylation sites is 1. The highest BCUT2D eigenvalue weighted by Crippen LogP contribution is 2.29. The first-order valence-electron chi connectivity index (χ1n) is 7.52. The standard InChI is InChI=1S/C14H20FN3O4S/c15-11-7-4-8-13(14(11)18(19)20)23(21,22)17-12(9-16)10-5-2-1-3-6-10/h4,7-8,10,12,17H,1-3,5-6,9,16H2. The number of nitrogens with two attached hydrogens (primary N) is 1. The lowest BCUT2D eigenvalue weighted by Gasteiger charge is -2.29. The molecule has 128 valence electrons. The van der Waals surface area contributed by atoms with E-state index >= 15 is 0 Å². The Kier molecular flexibility index (Phi) is 5.66. The average Bonchev–Trinajstić information content (AvgIpc) is 2.53. The molecule has 0 heterocycles. The van der Waals surface area contributed by atoms with Crippen molar-refractivity contribution in [1.29, 1.82) is 0 Å². The number of rotatable bonds is 6.